The Morgan fingerprint density at radius 3 is 2.31 bits per heavy atom. The summed E-state index contributed by atoms with van der Waals surface area (Å²) in [5, 5.41) is 0. The van der Waals surface area contributed by atoms with Crippen LogP contribution >= 0.6 is 0 Å². The van der Waals surface area contributed by atoms with Crippen LogP contribution in [0.5, 0.6) is 0 Å². The van der Waals surface area contributed by atoms with Crippen LogP contribution in [0.1, 0.15) is 125 Å². The van der Waals surface area contributed by atoms with Crippen LogP contribution in [0.2, 0.25) is 0 Å². The van der Waals surface area contributed by atoms with Crippen molar-refractivity contribution in [1.82, 2.24) is 0 Å². The monoisotopic (exact) mass is 400 g/mol. The summed E-state index contributed by atoms with van der Waals surface area (Å²) in [6, 6.07) is 0. The average molecular weight is 401 g/mol. The van der Waals surface area contributed by atoms with Gasteiger partial charge in [0.1, 0.15) is 0 Å². The van der Waals surface area contributed by atoms with Gasteiger partial charge in [0.25, 0.3) is 0 Å². The van der Waals surface area contributed by atoms with Gasteiger partial charge in [-0.05, 0) is 103 Å². The van der Waals surface area contributed by atoms with E-state index in [1.54, 1.807) is 44.9 Å². The SMILES string of the molecule is CCC1CC2CCCC[C@]2(C)[C@H]2CC[C@]3(C)[C@@H](C(C)CCCC(C)C)CC[C@H]3[C@H]12. The highest BCUT2D eigenvalue weighted by atomic mass is 14.7. The third-order valence-electron chi connectivity index (χ3n) is 11.5. The lowest BCUT2D eigenvalue weighted by Crippen LogP contribution is -2.56. The molecule has 4 rings (SSSR count). The van der Waals surface area contributed by atoms with Gasteiger partial charge in [-0.1, -0.05) is 80.1 Å². The van der Waals surface area contributed by atoms with E-state index < -0.39 is 0 Å². The molecule has 0 spiro atoms. The maximum atomic E-state index is 2.77. The van der Waals surface area contributed by atoms with Crippen molar-refractivity contribution >= 4 is 0 Å². The van der Waals surface area contributed by atoms with E-state index in [2.05, 4.69) is 41.5 Å². The standard InChI is InChI=1S/C29H52/c1-7-22-19-23-13-8-9-17-28(23,5)26-16-18-29(6)24(14-15-25(29)27(22)26)21(4)12-10-11-20(2)3/h20-27H,7-19H2,1-6H3/t21?,22?,23?,24-,25+,26+,27+,28+,29-/m1/s1. The molecular formula is C29H52. The Kier molecular flexibility index (Phi) is 6.51. The molecule has 0 heterocycles. The summed E-state index contributed by atoms with van der Waals surface area (Å²) in [7, 11) is 0. The lowest BCUT2D eigenvalue weighted by molar-refractivity contribution is -0.141. The zero-order valence-corrected chi connectivity index (χ0v) is 20.8. The van der Waals surface area contributed by atoms with E-state index in [4.69, 9.17) is 0 Å². The van der Waals surface area contributed by atoms with Crippen molar-refractivity contribution in [2.45, 2.75) is 125 Å². The molecule has 4 aliphatic rings. The topological polar surface area (TPSA) is 0 Å². The minimum atomic E-state index is 0.656. The zero-order valence-electron chi connectivity index (χ0n) is 20.8. The first-order valence-corrected chi connectivity index (χ1v) is 13.8. The summed E-state index contributed by atoms with van der Waals surface area (Å²) in [5.41, 5.74) is 1.35. The van der Waals surface area contributed by atoms with E-state index >= 15 is 0 Å². The molecular weight excluding hydrogens is 348 g/mol. The molecule has 9 atom stereocenters. The van der Waals surface area contributed by atoms with Crippen LogP contribution in [0.4, 0.5) is 0 Å². The summed E-state index contributed by atoms with van der Waals surface area (Å²) >= 11 is 0. The predicted octanol–water partition coefficient (Wildman–Crippen LogP) is 9.13. The number of rotatable bonds is 6. The molecule has 0 heteroatoms. The van der Waals surface area contributed by atoms with Crippen LogP contribution in [0, 0.1) is 58.2 Å². The molecule has 0 amide bonds. The molecule has 0 bridgehead atoms. The molecule has 29 heavy (non-hydrogen) atoms. The van der Waals surface area contributed by atoms with E-state index in [1.807, 2.05) is 0 Å². The van der Waals surface area contributed by atoms with Gasteiger partial charge in [0.15, 0.2) is 0 Å². The molecule has 4 fully saturated rings. The molecule has 4 saturated carbocycles. The van der Waals surface area contributed by atoms with Crippen LogP contribution in [-0.2, 0) is 0 Å². The predicted molar refractivity (Wildman–Crippen MR) is 127 cm³/mol. The van der Waals surface area contributed by atoms with Gasteiger partial charge in [-0.15, -0.1) is 0 Å². The first-order valence-electron chi connectivity index (χ1n) is 13.8. The minimum Gasteiger partial charge on any atom is -0.0651 e. The van der Waals surface area contributed by atoms with Gasteiger partial charge < -0.3 is 0 Å². The van der Waals surface area contributed by atoms with Crippen molar-refractivity contribution in [3.05, 3.63) is 0 Å². The van der Waals surface area contributed by atoms with E-state index in [-0.39, 0.29) is 0 Å². The van der Waals surface area contributed by atoms with Gasteiger partial charge in [-0.25, -0.2) is 0 Å². The largest absolute Gasteiger partial charge is 0.0651 e. The molecule has 0 radical (unpaired) electrons. The minimum absolute atomic E-state index is 0.656. The fourth-order valence-electron chi connectivity index (χ4n) is 9.91. The van der Waals surface area contributed by atoms with Gasteiger partial charge in [-0.2, -0.15) is 0 Å². The highest BCUT2D eigenvalue weighted by Crippen LogP contribution is 2.69. The van der Waals surface area contributed by atoms with Crippen molar-refractivity contribution < 1.29 is 0 Å². The number of hydrogen-bond acceptors (Lipinski definition) is 0. The summed E-state index contributed by atoms with van der Waals surface area (Å²) in [6.07, 6.45) is 19.8. The first-order chi connectivity index (χ1) is 13.8. The first kappa shape index (κ1) is 22.2. The number of fused-ring (bicyclic) bond motifs is 5. The highest BCUT2D eigenvalue weighted by Gasteiger charge is 2.62. The van der Waals surface area contributed by atoms with E-state index in [0.717, 1.165) is 47.3 Å². The Balaban J connectivity index is 1.53. The average Bonchev–Trinajstić information content (AvgIpc) is 3.04. The lowest BCUT2D eigenvalue weighted by Gasteiger charge is -2.63. The maximum Gasteiger partial charge on any atom is -0.0264 e. The third kappa shape index (κ3) is 3.75. The van der Waals surface area contributed by atoms with Crippen LogP contribution in [0.15, 0.2) is 0 Å². The summed E-state index contributed by atoms with van der Waals surface area (Å²) in [5.74, 6) is 8.09. The Bertz CT molecular complexity index is 548. The highest BCUT2D eigenvalue weighted by molar-refractivity contribution is 5.10. The van der Waals surface area contributed by atoms with Gasteiger partial charge in [0.2, 0.25) is 0 Å². The second-order valence-corrected chi connectivity index (χ2v) is 13.2. The fraction of sp³-hybridized carbons (Fsp3) is 1.00. The molecule has 4 aliphatic carbocycles. The maximum absolute atomic E-state index is 2.77. The summed E-state index contributed by atoms with van der Waals surface area (Å²) in [4.78, 5) is 0. The quantitative estimate of drug-likeness (QED) is 0.417. The third-order valence-corrected chi connectivity index (χ3v) is 11.5. The zero-order chi connectivity index (χ0) is 20.8. The van der Waals surface area contributed by atoms with Crippen LogP contribution in [0.3, 0.4) is 0 Å². The molecule has 3 unspecified atom stereocenters. The van der Waals surface area contributed by atoms with Crippen molar-refractivity contribution in [3.8, 4) is 0 Å². The van der Waals surface area contributed by atoms with Crippen molar-refractivity contribution in [2.75, 3.05) is 0 Å². The molecule has 0 nitrogen and oxygen atoms in total. The fourth-order valence-corrected chi connectivity index (χ4v) is 9.91. The van der Waals surface area contributed by atoms with E-state index in [1.165, 1.54) is 38.5 Å². The molecule has 0 aromatic heterocycles. The normalized spacial score (nSPS) is 48.1. The second kappa shape index (κ2) is 8.50. The van der Waals surface area contributed by atoms with Crippen LogP contribution in [-0.4, -0.2) is 0 Å². The van der Waals surface area contributed by atoms with Gasteiger partial charge in [0.05, 0.1) is 0 Å². The Labute approximate surface area is 183 Å². The van der Waals surface area contributed by atoms with Crippen molar-refractivity contribution in [3.63, 3.8) is 0 Å². The molecule has 0 aliphatic heterocycles. The molecule has 168 valence electrons. The van der Waals surface area contributed by atoms with Gasteiger partial charge >= 0.3 is 0 Å². The van der Waals surface area contributed by atoms with Gasteiger partial charge in [0, 0.05) is 0 Å². The second-order valence-electron chi connectivity index (χ2n) is 13.2. The lowest BCUT2D eigenvalue weighted by atomic mass is 9.42. The molecule has 0 aromatic rings. The molecule has 0 saturated heterocycles. The van der Waals surface area contributed by atoms with Crippen molar-refractivity contribution in [2.24, 2.45) is 58.2 Å². The molecule has 0 aromatic carbocycles. The Morgan fingerprint density at radius 2 is 1.59 bits per heavy atom. The van der Waals surface area contributed by atoms with Crippen LogP contribution in [0.25, 0.3) is 0 Å². The Hall–Kier alpha value is 0. The van der Waals surface area contributed by atoms with Gasteiger partial charge in [-0.3, -0.25) is 0 Å². The number of hydrogen-bond donors (Lipinski definition) is 0. The Morgan fingerprint density at radius 1 is 0.828 bits per heavy atom. The van der Waals surface area contributed by atoms with Crippen LogP contribution < -0.4 is 0 Å². The molecule has 0 N–H and O–H groups in total. The van der Waals surface area contributed by atoms with E-state index in [0.29, 0.717) is 10.8 Å². The smallest absolute Gasteiger partial charge is 0.0264 e. The van der Waals surface area contributed by atoms with Crippen molar-refractivity contribution in [1.29, 1.82) is 0 Å². The summed E-state index contributed by atoms with van der Waals surface area (Å²) in [6.45, 7) is 15.5. The van der Waals surface area contributed by atoms with E-state index in [9.17, 15) is 0 Å². The summed E-state index contributed by atoms with van der Waals surface area (Å²) < 4.78 is 0.